The van der Waals surface area contributed by atoms with E-state index in [1.54, 1.807) is 30.3 Å². The standard InChI is InChI=1S/C14H14INO3/c1-2-10(6-5-9-15)19-16-13(17)11-7-3-4-8-12(11)14(16)18/h2-4,7-8,10H,1,5-6,9H2/t10-/m1/s1. The number of amides is 2. The number of halogens is 1. The van der Waals surface area contributed by atoms with Crippen LogP contribution >= 0.6 is 22.6 Å². The summed E-state index contributed by atoms with van der Waals surface area (Å²) in [5, 5.41) is 0.851. The molecule has 0 spiro atoms. The van der Waals surface area contributed by atoms with Crippen LogP contribution in [-0.4, -0.2) is 27.4 Å². The summed E-state index contributed by atoms with van der Waals surface area (Å²) in [6.45, 7) is 3.68. The zero-order chi connectivity index (χ0) is 13.8. The van der Waals surface area contributed by atoms with Gasteiger partial charge in [0.05, 0.1) is 11.1 Å². The van der Waals surface area contributed by atoms with E-state index in [-0.39, 0.29) is 6.10 Å². The van der Waals surface area contributed by atoms with Crippen molar-refractivity contribution in [2.45, 2.75) is 18.9 Å². The van der Waals surface area contributed by atoms with E-state index in [0.29, 0.717) is 11.1 Å². The lowest BCUT2D eigenvalue weighted by Crippen LogP contribution is -2.34. The minimum absolute atomic E-state index is 0.322. The van der Waals surface area contributed by atoms with Crippen LogP contribution in [0.3, 0.4) is 0 Å². The first kappa shape index (κ1) is 14.2. The van der Waals surface area contributed by atoms with Crippen LogP contribution in [0.25, 0.3) is 0 Å². The van der Waals surface area contributed by atoms with Gasteiger partial charge in [0.2, 0.25) is 0 Å². The van der Waals surface area contributed by atoms with E-state index < -0.39 is 11.8 Å². The topological polar surface area (TPSA) is 46.6 Å². The summed E-state index contributed by atoms with van der Waals surface area (Å²) in [6.07, 6.45) is 2.98. The molecule has 0 N–H and O–H groups in total. The monoisotopic (exact) mass is 371 g/mol. The fraction of sp³-hybridized carbons (Fsp3) is 0.286. The number of rotatable bonds is 6. The summed E-state index contributed by atoms with van der Waals surface area (Å²) in [5.41, 5.74) is 0.786. The van der Waals surface area contributed by atoms with Gasteiger partial charge >= 0.3 is 0 Å². The molecule has 0 fully saturated rings. The zero-order valence-corrected chi connectivity index (χ0v) is 12.5. The summed E-state index contributed by atoms with van der Waals surface area (Å²) in [6, 6.07) is 6.72. The highest BCUT2D eigenvalue weighted by Gasteiger charge is 2.37. The minimum Gasteiger partial charge on any atom is -0.266 e. The molecule has 1 aromatic rings. The van der Waals surface area contributed by atoms with Gasteiger partial charge in [0.1, 0.15) is 6.10 Å². The second-order valence-corrected chi connectivity index (χ2v) is 5.24. The molecule has 5 heteroatoms. The van der Waals surface area contributed by atoms with Crippen LogP contribution in [0.2, 0.25) is 0 Å². The van der Waals surface area contributed by atoms with Gasteiger partial charge in [-0.3, -0.25) is 14.4 Å². The van der Waals surface area contributed by atoms with Gasteiger partial charge in [-0.2, -0.15) is 0 Å². The predicted octanol–water partition coefficient (Wildman–Crippen LogP) is 2.98. The summed E-state index contributed by atoms with van der Waals surface area (Å²) >= 11 is 2.27. The molecule has 0 saturated heterocycles. The molecule has 1 aliphatic heterocycles. The molecule has 1 aliphatic rings. The minimum atomic E-state index is -0.401. The van der Waals surface area contributed by atoms with Gasteiger partial charge in [-0.25, -0.2) is 0 Å². The van der Waals surface area contributed by atoms with Crippen molar-refractivity contribution in [3.05, 3.63) is 48.0 Å². The average molecular weight is 371 g/mol. The lowest BCUT2D eigenvalue weighted by Gasteiger charge is -2.19. The van der Waals surface area contributed by atoms with Crippen LogP contribution in [0.15, 0.2) is 36.9 Å². The molecule has 4 nitrogen and oxygen atoms in total. The maximum absolute atomic E-state index is 12.1. The van der Waals surface area contributed by atoms with Crippen molar-refractivity contribution >= 4 is 34.4 Å². The molecule has 19 heavy (non-hydrogen) atoms. The summed E-state index contributed by atoms with van der Waals surface area (Å²) in [5.74, 6) is -0.802. The Balaban J connectivity index is 2.13. The summed E-state index contributed by atoms with van der Waals surface area (Å²) in [4.78, 5) is 29.6. The van der Waals surface area contributed by atoms with Crippen molar-refractivity contribution in [3.63, 3.8) is 0 Å². The molecule has 0 radical (unpaired) electrons. The molecule has 1 atom stereocenters. The highest BCUT2D eigenvalue weighted by molar-refractivity contribution is 14.1. The summed E-state index contributed by atoms with van der Waals surface area (Å²) < 4.78 is 0.994. The number of carbonyl (C=O) groups excluding carboxylic acids is 2. The van der Waals surface area contributed by atoms with Crippen LogP contribution in [0.4, 0.5) is 0 Å². The Morgan fingerprint density at radius 3 is 2.32 bits per heavy atom. The van der Waals surface area contributed by atoms with Crippen LogP contribution in [-0.2, 0) is 4.84 Å². The van der Waals surface area contributed by atoms with Crippen molar-refractivity contribution < 1.29 is 14.4 Å². The normalized spacial score (nSPS) is 15.5. The molecule has 0 saturated carbocycles. The van der Waals surface area contributed by atoms with Gasteiger partial charge in [0, 0.05) is 0 Å². The molecule has 1 heterocycles. The molecule has 0 aromatic heterocycles. The van der Waals surface area contributed by atoms with Crippen molar-refractivity contribution in [3.8, 4) is 0 Å². The quantitative estimate of drug-likeness (QED) is 0.334. The number of fused-ring (bicyclic) bond motifs is 1. The van der Waals surface area contributed by atoms with E-state index in [0.717, 1.165) is 22.3 Å². The highest BCUT2D eigenvalue weighted by atomic mass is 127. The van der Waals surface area contributed by atoms with Crippen LogP contribution in [0.5, 0.6) is 0 Å². The van der Waals surface area contributed by atoms with Crippen LogP contribution in [0, 0.1) is 0 Å². The van der Waals surface area contributed by atoms with E-state index in [9.17, 15) is 9.59 Å². The fourth-order valence-corrected chi connectivity index (χ4v) is 2.33. The number of nitrogens with zero attached hydrogens (tertiary/aromatic N) is 1. The predicted molar refractivity (Wildman–Crippen MR) is 80.1 cm³/mol. The third-order valence-electron chi connectivity index (χ3n) is 2.88. The molecule has 2 amide bonds. The zero-order valence-electron chi connectivity index (χ0n) is 10.3. The Bertz CT molecular complexity index is 480. The second-order valence-electron chi connectivity index (χ2n) is 4.16. The Kier molecular flexibility index (Phi) is 4.71. The number of hydroxylamine groups is 2. The highest BCUT2D eigenvalue weighted by Crippen LogP contribution is 2.24. The van der Waals surface area contributed by atoms with Crippen molar-refractivity contribution in [2.75, 3.05) is 4.43 Å². The maximum atomic E-state index is 12.1. The number of hydrogen-bond acceptors (Lipinski definition) is 3. The van der Waals surface area contributed by atoms with E-state index >= 15 is 0 Å². The SMILES string of the molecule is C=C[C@H](CCCI)ON1C(=O)c2ccccc2C1=O. The lowest BCUT2D eigenvalue weighted by molar-refractivity contribution is -0.118. The Morgan fingerprint density at radius 1 is 1.26 bits per heavy atom. The third-order valence-corrected chi connectivity index (χ3v) is 3.65. The first-order chi connectivity index (χ1) is 9.19. The number of hydrogen-bond donors (Lipinski definition) is 0. The second kappa shape index (κ2) is 6.29. The van der Waals surface area contributed by atoms with Gasteiger partial charge < -0.3 is 0 Å². The summed E-state index contributed by atoms with van der Waals surface area (Å²) in [7, 11) is 0. The first-order valence-electron chi connectivity index (χ1n) is 6.02. The molecular formula is C14H14INO3. The van der Waals surface area contributed by atoms with Crippen molar-refractivity contribution in [1.82, 2.24) is 5.06 Å². The molecule has 0 bridgehead atoms. The fourth-order valence-electron chi connectivity index (χ4n) is 1.89. The third kappa shape index (κ3) is 2.87. The van der Waals surface area contributed by atoms with E-state index in [2.05, 4.69) is 29.2 Å². The molecule has 2 rings (SSSR count). The molecule has 0 unspecified atom stereocenters. The number of alkyl halides is 1. The first-order valence-corrected chi connectivity index (χ1v) is 7.54. The Labute approximate surface area is 125 Å². The van der Waals surface area contributed by atoms with Gasteiger partial charge in [-0.1, -0.05) is 40.8 Å². The molecule has 0 aliphatic carbocycles. The Morgan fingerprint density at radius 2 is 1.84 bits per heavy atom. The number of imide groups is 1. The molecule has 100 valence electrons. The average Bonchev–Trinajstić information content (AvgIpc) is 2.68. The van der Waals surface area contributed by atoms with Gasteiger partial charge in [-0.05, 0) is 29.4 Å². The number of benzene rings is 1. The van der Waals surface area contributed by atoms with E-state index in [1.807, 2.05) is 0 Å². The van der Waals surface area contributed by atoms with Crippen LogP contribution in [0.1, 0.15) is 33.6 Å². The Hall–Kier alpha value is -1.21. The van der Waals surface area contributed by atoms with E-state index in [4.69, 9.17) is 4.84 Å². The van der Waals surface area contributed by atoms with Crippen molar-refractivity contribution in [2.24, 2.45) is 0 Å². The van der Waals surface area contributed by atoms with Gasteiger partial charge in [-0.15, -0.1) is 11.6 Å². The van der Waals surface area contributed by atoms with Crippen LogP contribution < -0.4 is 0 Å². The smallest absolute Gasteiger partial charge is 0.266 e. The molecule has 1 aromatic carbocycles. The largest absolute Gasteiger partial charge is 0.285 e. The van der Waals surface area contributed by atoms with Gasteiger partial charge in [0.25, 0.3) is 11.8 Å². The van der Waals surface area contributed by atoms with Crippen molar-refractivity contribution in [1.29, 1.82) is 0 Å². The lowest BCUT2D eigenvalue weighted by atomic mass is 10.1. The van der Waals surface area contributed by atoms with E-state index in [1.165, 1.54) is 0 Å². The van der Waals surface area contributed by atoms with Gasteiger partial charge in [0.15, 0.2) is 0 Å². The number of carbonyl (C=O) groups is 2. The molecular weight excluding hydrogens is 357 g/mol. The maximum Gasteiger partial charge on any atom is 0.285 e.